The SMILES string of the molecule is OCc1cc(CO)cc(C2=NC(c3ccc(Cl)cc3)C(c3ccc(Cl)cc3)N2)c1. The van der Waals surface area contributed by atoms with Crippen LogP contribution in [0.2, 0.25) is 10.0 Å². The van der Waals surface area contributed by atoms with Crippen molar-refractivity contribution in [2.45, 2.75) is 25.3 Å². The van der Waals surface area contributed by atoms with Crippen molar-refractivity contribution in [3.8, 4) is 0 Å². The third kappa shape index (κ3) is 4.31. The molecule has 29 heavy (non-hydrogen) atoms. The highest BCUT2D eigenvalue weighted by molar-refractivity contribution is 6.30. The zero-order valence-electron chi connectivity index (χ0n) is 15.5. The molecule has 3 aromatic carbocycles. The number of aliphatic hydroxyl groups excluding tert-OH is 2. The van der Waals surface area contributed by atoms with Gasteiger partial charge in [-0.3, -0.25) is 4.99 Å². The molecule has 1 aliphatic heterocycles. The summed E-state index contributed by atoms with van der Waals surface area (Å²) in [5.74, 6) is 0.718. The molecule has 0 radical (unpaired) electrons. The van der Waals surface area contributed by atoms with Crippen LogP contribution in [-0.2, 0) is 13.2 Å². The maximum absolute atomic E-state index is 9.57. The normalized spacial score (nSPS) is 18.4. The molecule has 0 aliphatic carbocycles. The Bertz CT molecular complexity index is 1010. The Labute approximate surface area is 179 Å². The highest BCUT2D eigenvalue weighted by Crippen LogP contribution is 2.38. The van der Waals surface area contributed by atoms with Crippen LogP contribution in [0, 0.1) is 0 Å². The van der Waals surface area contributed by atoms with Crippen molar-refractivity contribution in [3.63, 3.8) is 0 Å². The average Bonchev–Trinajstić information content (AvgIpc) is 3.20. The standard InChI is InChI=1S/C23H20Cl2N2O2/c24-19-5-1-16(2-6-19)21-22(17-3-7-20(25)8-4-17)27-23(26-21)18-10-14(12-28)9-15(11-18)13-29/h1-11,21-22,28-29H,12-13H2,(H,26,27). The van der Waals surface area contributed by atoms with Crippen molar-refractivity contribution in [1.29, 1.82) is 0 Å². The van der Waals surface area contributed by atoms with Gasteiger partial charge in [-0.25, -0.2) is 0 Å². The first-order valence-electron chi connectivity index (χ1n) is 9.27. The molecule has 148 valence electrons. The van der Waals surface area contributed by atoms with E-state index < -0.39 is 0 Å². The molecule has 1 aliphatic rings. The van der Waals surface area contributed by atoms with Crippen LogP contribution in [0.4, 0.5) is 0 Å². The van der Waals surface area contributed by atoms with Crippen molar-refractivity contribution < 1.29 is 10.2 Å². The molecular weight excluding hydrogens is 407 g/mol. The quantitative estimate of drug-likeness (QED) is 0.548. The maximum atomic E-state index is 9.57. The van der Waals surface area contributed by atoms with Crippen LogP contribution in [0.25, 0.3) is 0 Å². The number of hydrogen-bond acceptors (Lipinski definition) is 4. The molecule has 1 heterocycles. The van der Waals surface area contributed by atoms with E-state index in [-0.39, 0.29) is 25.3 Å². The van der Waals surface area contributed by atoms with E-state index in [2.05, 4.69) is 5.32 Å². The molecule has 0 fully saturated rings. The smallest absolute Gasteiger partial charge is 0.129 e. The van der Waals surface area contributed by atoms with Gasteiger partial charge in [0, 0.05) is 15.6 Å². The Balaban J connectivity index is 1.76. The number of aliphatic imine (C=N–C) groups is 1. The summed E-state index contributed by atoms with van der Waals surface area (Å²) >= 11 is 12.1. The minimum Gasteiger partial charge on any atom is -0.392 e. The summed E-state index contributed by atoms with van der Waals surface area (Å²) in [6.45, 7) is -0.204. The van der Waals surface area contributed by atoms with E-state index in [1.54, 1.807) is 6.07 Å². The second kappa shape index (κ2) is 8.56. The van der Waals surface area contributed by atoms with Gasteiger partial charge in [-0.15, -0.1) is 0 Å². The largest absolute Gasteiger partial charge is 0.392 e. The minimum atomic E-state index is -0.154. The summed E-state index contributed by atoms with van der Waals surface area (Å²) in [7, 11) is 0. The fraction of sp³-hybridized carbons (Fsp3) is 0.174. The lowest BCUT2D eigenvalue weighted by atomic mass is 9.95. The molecule has 0 amide bonds. The molecule has 0 saturated heterocycles. The average molecular weight is 427 g/mol. The Morgan fingerprint density at radius 2 is 1.28 bits per heavy atom. The molecule has 4 nitrogen and oxygen atoms in total. The summed E-state index contributed by atoms with van der Waals surface area (Å²) in [4.78, 5) is 4.96. The van der Waals surface area contributed by atoms with Gasteiger partial charge in [0.05, 0.1) is 19.3 Å². The number of nitrogens with one attached hydrogen (secondary N) is 1. The van der Waals surface area contributed by atoms with Gasteiger partial charge >= 0.3 is 0 Å². The van der Waals surface area contributed by atoms with Gasteiger partial charge < -0.3 is 15.5 Å². The first-order valence-corrected chi connectivity index (χ1v) is 10.0. The second-order valence-electron chi connectivity index (χ2n) is 7.00. The molecule has 3 N–H and O–H groups in total. The Morgan fingerprint density at radius 3 is 1.79 bits per heavy atom. The highest BCUT2D eigenvalue weighted by atomic mass is 35.5. The molecule has 0 spiro atoms. The summed E-state index contributed by atoms with van der Waals surface area (Å²) in [6, 6.07) is 20.7. The van der Waals surface area contributed by atoms with Crippen LogP contribution >= 0.6 is 23.2 Å². The van der Waals surface area contributed by atoms with Gasteiger partial charge in [0.1, 0.15) is 11.9 Å². The Morgan fingerprint density at radius 1 is 0.759 bits per heavy atom. The van der Waals surface area contributed by atoms with Crippen LogP contribution in [-0.4, -0.2) is 16.0 Å². The van der Waals surface area contributed by atoms with Gasteiger partial charge in [-0.1, -0.05) is 53.5 Å². The lowest BCUT2D eigenvalue weighted by Crippen LogP contribution is -2.25. The fourth-order valence-electron chi connectivity index (χ4n) is 3.58. The van der Waals surface area contributed by atoms with Crippen LogP contribution in [0.15, 0.2) is 71.7 Å². The fourth-order valence-corrected chi connectivity index (χ4v) is 3.83. The van der Waals surface area contributed by atoms with Crippen molar-refractivity contribution in [2.24, 2.45) is 4.99 Å². The second-order valence-corrected chi connectivity index (χ2v) is 7.87. The minimum absolute atomic E-state index is 0.0844. The summed E-state index contributed by atoms with van der Waals surface area (Å²) < 4.78 is 0. The van der Waals surface area contributed by atoms with E-state index >= 15 is 0 Å². The third-order valence-corrected chi connectivity index (χ3v) is 5.51. The monoisotopic (exact) mass is 426 g/mol. The van der Waals surface area contributed by atoms with Crippen molar-refractivity contribution in [3.05, 3.63) is 105 Å². The molecule has 0 aromatic heterocycles. The molecule has 6 heteroatoms. The molecule has 3 aromatic rings. The zero-order valence-corrected chi connectivity index (χ0v) is 17.0. The van der Waals surface area contributed by atoms with E-state index in [4.69, 9.17) is 28.2 Å². The first kappa shape index (κ1) is 19.9. The number of aliphatic hydroxyl groups is 2. The van der Waals surface area contributed by atoms with E-state index in [0.717, 1.165) is 33.7 Å². The molecule has 2 atom stereocenters. The topological polar surface area (TPSA) is 64.8 Å². The first-order chi connectivity index (χ1) is 14.1. The molecule has 4 rings (SSSR count). The van der Waals surface area contributed by atoms with Crippen LogP contribution in [0.5, 0.6) is 0 Å². The number of amidine groups is 1. The maximum Gasteiger partial charge on any atom is 0.129 e. The summed E-state index contributed by atoms with van der Waals surface area (Å²) in [5.41, 5.74) is 4.39. The number of nitrogens with zero attached hydrogens (tertiary/aromatic N) is 1. The van der Waals surface area contributed by atoms with Gasteiger partial charge in [0.2, 0.25) is 0 Å². The highest BCUT2D eigenvalue weighted by Gasteiger charge is 2.32. The van der Waals surface area contributed by atoms with Crippen LogP contribution in [0.3, 0.4) is 0 Å². The van der Waals surface area contributed by atoms with Crippen molar-refractivity contribution in [1.82, 2.24) is 5.32 Å². The predicted molar refractivity (Wildman–Crippen MR) is 116 cm³/mol. The summed E-state index contributed by atoms with van der Waals surface area (Å²) in [6.07, 6.45) is 0. The Hall–Kier alpha value is -2.37. The predicted octanol–water partition coefficient (Wildman–Crippen LogP) is 4.81. The number of rotatable bonds is 5. The number of halogens is 2. The molecule has 0 saturated carbocycles. The van der Waals surface area contributed by atoms with E-state index in [1.165, 1.54) is 0 Å². The van der Waals surface area contributed by atoms with Crippen LogP contribution < -0.4 is 5.32 Å². The van der Waals surface area contributed by atoms with Crippen LogP contribution in [0.1, 0.15) is 39.9 Å². The van der Waals surface area contributed by atoms with E-state index in [1.807, 2.05) is 60.7 Å². The van der Waals surface area contributed by atoms with Gasteiger partial charge in [-0.05, 0) is 58.7 Å². The third-order valence-electron chi connectivity index (χ3n) is 5.01. The lowest BCUT2D eigenvalue weighted by molar-refractivity contribution is 0.275. The van der Waals surface area contributed by atoms with Crippen molar-refractivity contribution >= 4 is 29.0 Å². The Kier molecular flexibility index (Phi) is 5.88. The van der Waals surface area contributed by atoms with Gasteiger partial charge in [-0.2, -0.15) is 0 Å². The number of benzene rings is 3. The van der Waals surface area contributed by atoms with Gasteiger partial charge in [0.15, 0.2) is 0 Å². The van der Waals surface area contributed by atoms with Crippen molar-refractivity contribution in [2.75, 3.05) is 0 Å². The zero-order chi connectivity index (χ0) is 20.4. The molecule has 2 unspecified atom stereocenters. The lowest BCUT2D eigenvalue weighted by Gasteiger charge is -2.20. The molecule has 0 bridgehead atoms. The molecular formula is C23H20Cl2N2O2. The van der Waals surface area contributed by atoms with Gasteiger partial charge in [0.25, 0.3) is 0 Å². The summed E-state index contributed by atoms with van der Waals surface area (Å²) in [5, 5.41) is 24.0. The van der Waals surface area contributed by atoms with E-state index in [0.29, 0.717) is 10.0 Å². The number of hydrogen-bond donors (Lipinski definition) is 3. The van der Waals surface area contributed by atoms with E-state index in [9.17, 15) is 10.2 Å².